The molecule has 2 heterocycles. The van der Waals surface area contributed by atoms with Crippen LogP contribution >= 0.6 is 0 Å². The highest BCUT2D eigenvalue weighted by atomic mass is 16.5. The first-order valence-corrected chi connectivity index (χ1v) is 9.20. The maximum Gasteiger partial charge on any atom is 0.306 e. The van der Waals surface area contributed by atoms with Crippen molar-refractivity contribution in [3.63, 3.8) is 0 Å². The number of hydrogen-bond acceptors (Lipinski definition) is 3. The van der Waals surface area contributed by atoms with Crippen LogP contribution < -0.4 is 4.74 Å². The number of benzene rings is 2. The van der Waals surface area contributed by atoms with Gasteiger partial charge in [-0.25, -0.2) is 0 Å². The van der Waals surface area contributed by atoms with Crippen LogP contribution in [0.15, 0.2) is 54.6 Å². The van der Waals surface area contributed by atoms with Crippen LogP contribution in [0, 0.1) is 0 Å². The lowest BCUT2D eigenvalue weighted by Gasteiger charge is -2.08. The Hall–Kier alpha value is -2.75. The summed E-state index contributed by atoms with van der Waals surface area (Å²) in [6.07, 6.45) is 1.46. The Balaban J connectivity index is 1.52. The van der Waals surface area contributed by atoms with E-state index in [4.69, 9.17) is 9.47 Å². The van der Waals surface area contributed by atoms with Crippen LogP contribution in [0.1, 0.15) is 36.9 Å². The molecule has 4 heteroatoms. The Bertz CT molecular complexity index is 914. The molecule has 4 rings (SSSR count). The Morgan fingerprint density at radius 2 is 2.00 bits per heavy atom. The average molecular weight is 349 g/mol. The summed E-state index contributed by atoms with van der Waals surface area (Å²) in [6, 6.07) is 18.6. The van der Waals surface area contributed by atoms with E-state index in [2.05, 4.69) is 34.9 Å². The molecule has 0 saturated heterocycles. The molecule has 0 bridgehead atoms. The molecule has 1 atom stereocenters. The number of aromatic nitrogens is 1. The summed E-state index contributed by atoms with van der Waals surface area (Å²) in [5, 5.41) is 1.17. The number of esters is 1. The predicted molar refractivity (Wildman–Crippen MR) is 101 cm³/mol. The zero-order valence-corrected chi connectivity index (χ0v) is 15.0. The summed E-state index contributed by atoms with van der Waals surface area (Å²) in [7, 11) is 0. The smallest absolute Gasteiger partial charge is 0.306 e. The van der Waals surface area contributed by atoms with Crippen molar-refractivity contribution in [3.8, 4) is 5.75 Å². The molecule has 1 aromatic heterocycles. The number of carbonyl (C=O) groups is 1. The van der Waals surface area contributed by atoms with Gasteiger partial charge in [0.25, 0.3) is 0 Å². The predicted octanol–water partition coefficient (Wildman–Crippen LogP) is 4.66. The van der Waals surface area contributed by atoms with Gasteiger partial charge in [0.15, 0.2) is 0 Å². The molecule has 0 fully saturated rings. The van der Waals surface area contributed by atoms with Crippen LogP contribution in [0.3, 0.4) is 0 Å². The number of aryl methyl sites for hydroxylation is 1. The van der Waals surface area contributed by atoms with Gasteiger partial charge in [0.2, 0.25) is 0 Å². The summed E-state index contributed by atoms with van der Waals surface area (Å²) < 4.78 is 13.4. The molecule has 0 amide bonds. The van der Waals surface area contributed by atoms with Gasteiger partial charge in [0.1, 0.15) is 12.4 Å². The van der Waals surface area contributed by atoms with E-state index in [9.17, 15) is 4.79 Å². The van der Waals surface area contributed by atoms with Gasteiger partial charge in [-0.3, -0.25) is 4.79 Å². The standard InChI is InChI=1S/C22H23NO3/c1-2-25-22(24)14-17-10-11-23-20-9-8-19(12-18(20)13-21(17)23)26-15-16-6-4-3-5-7-16/h3-9,12-13,17H,2,10-11,14-15H2,1H3/t17-/m1/s1. The second kappa shape index (κ2) is 7.24. The lowest BCUT2D eigenvalue weighted by Crippen LogP contribution is -2.08. The lowest BCUT2D eigenvalue weighted by atomic mass is 10.0. The summed E-state index contributed by atoms with van der Waals surface area (Å²) in [4.78, 5) is 11.8. The van der Waals surface area contributed by atoms with Gasteiger partial charge in [0.05, 0.1) is 13.0 Å². The first-order chi connectivity index (χ1) is 12.7. The molecule has 4 nitrogen and oxygen atoms in total. The summed E-state index contributed by atoms with van der Waals surface area (Å²) >= 11 is 0. The minimum absolute atomic E-state index is 0.108. The van der Waals surface area contributed by atoms with Gasteiger partial charge in [-0.2, -0.15) is 0 Å². The Morgan fingerprint density at radius 1 is 1.15 bits per heavy atom. The fourth-order valence-electron chi connectivity index (χ4n) is 3.75. The molecule has 0 aliphatic carbocycles. The second-order valence-electron chi connectivity index (χ2n) is 6.71. The molecule has 1 aliphatic heterocycles. The highest BCUT2D eigenvalue weighted by Gasteiger charge is 2.27. The van der Waals surface area contributed by atoms with Crippen LogP contribution in [0.4, 0.5) is 0 Å². The SMILES string of the molecule is CCOC(=O)C[C@H]1CCn2c1cc1cc(OCc3ccccc3)ccc12. The molecule has 0 radical (unpaired) electrons. The van der Waals surface area contributed by atoms with Gasteiger partial charge in [0, 0.05) is 29.1 Å². The van der Waals surface area contributed by atoms with Crippen LogP contribution in [0.25, 0.3) is 10.9 Å². The number of fused-ring (bicyclic) bond motifs is 3. The van der Waals surface area contributed by atoms with Crippen LogP contribution in [0.2, 0.25) is 0 Å². The molecule has 1 aliphatic rings. The normalized spacial score (nSPS) is 15.8. The largest absolute Gasteiger partial charge is 0.489 e. The fourth-order valence-corrected chi connectivity index (χ4v) is 3.75. The summed E-state index contributed by atoms with van der Waals surface area (Å²) in [5.41, 5.74) is 3.59. The van der Waals surface area contributed by atoms with Gasteiger partial charge in [-0.05, 0) is 43.2 Å². The minimum Gasteiger partial charge on any atom is -0.489 e. The molecule has 26 heavy (non-hydrogen) atoms. The maximum absolute atomic E-state index is 11.8. The molecule has 0 N–H and O–H groups in total. The second-order valence-corrected chi connectivity index (χ2v) is 6.71. The quantitative estimate of drug-likeness (QED) is 0.608. The number of ether oxygens (including phenoxy) is 2. The van der Waals surface area contributed by atoms with E-state index in [1.54, 1.807) is 0 Å². The summed E-state index contributed by atoms with van der Waals surface area (Å²) in [6.45, 7) is 3.80. The van der Waals surface area contributed by atoms with Gasteiger partial charge < -0.3 is 14.0 Å². The van der Waals surface area contributed by atoms with E-state index in [0.29, 0.717) is 19.6 Å². The molecule has 134 valence electrons. The van der Waals surface area contributed by atoms with Crippen molar-refractivity contribution < 1.29 is 14.3 Å². The van der Waals surface area contributed by atoms with E-state index < -0.39 is 0 Å². The minimum atomic E-state index is -0.108. The van der Waals surface area contributed by atoms with Gasteiger partial charge in [-0.15, -0.1) is 0 Å². The monoisotopic (exact) mass is 349 g/mol. The van der Waals surface area contributed by atoms with Gasteiger partial charge in [-0.1, -0.05) is 30.3 Å². The Morgan fingerprint density at radius 3 is 2.81 bits per heavy atom. The topological polar surface area (TPSA) is 40.5 Å². The fraction of sp³-hybridized carbons (Fsp3) is 0.318. The first kappa shape index (κ1) is 16.7. The van der Waals surface area contributed by atoms with E-state index in [1.165, 1.54) is 16.6 Å². The molecule has 2 aromatic carbocycles. The lowest BCUT2D eigenvalue weighted by molar-refractivity contribution is -0.143. The molecule has 3 aromatic rings. The van der Waals surface area contributed by atoms with E-state index >= 15 is 0 Å². The molecular weight excluding hydrogens is 326 g/mol. The van der Waals surface area contributed by atoms with Crippen molar-refractivity contribution >= 4 is 16.9 Å². The third kappa shape index (κ3) is 3.32. The zero-order chi connectivity index (χ0) is 17.9. The Kier molecular flexibility index (Phi) is 4.65. The van der Waals surface area contributed by atoms with Crippen molar-refractivity contribution in [1.29, 1.82) is 0 Å². The van der Waals surface area contributed by atoms with Crippen molar-refractivity contribution in [3.05, 3.63) is 65.9 Å². The number of carbonyl (C=O) groups excluding carboxylic acids is 1. The van der Waals surface area contributed by atoms with Crippen LogP contribution in [0.5, 0.6) is 5.75 Å². The zero-order valence-electron chi connectivity index (χ0n) is 15.0. The van der Waals surface area contributed by atoms with Crippen molar-refractivity contribution in [2.75, 3.05) is 6.61 Å². The average Bonchev–Trinajstić information content (AvgIpc) is 3.20. The third-order valence-corrected chi connectivity index (χ3v) is 4.99. The number of nitrogens with zero attached hydrogens (tertiary/aromatic N) is 1. The number of hydrogen-bond donors (Lipinski definition) is 0. The van der Waals surface area contributed by atoms with E-state index in [1.807, 2.05) is 31.2 Å². The van der Waals surface area contributed by atoms with Gasteiger partial charge >= 0.3 is 5.97 Å². The number of rotatable bonds is 6. The highest BCUT2D eigenvalue weighted by molar-refractivity contribution is 5.84. The molecule has 0 saturated carbocycles. The maximum atomic E-state index is 11.8. The van der Waals surface area contributed by atoms with Crippen molar-refractivity contribution in [2.24, 2.45) is 0 Å². The third-order valence-electron chi connectivity index (χ3n) is 4.99. The Labute approximate surface area is 153 Å². The van der Waals surface area contributed by atoms with Crippen LogP contribution in [-0.2, 0) is 22.7 Å². The molecule has 0 unspecified atom stereocenters. The molecule has 0 spiro atoms. The summed E-state index contributed by atoms with van der Waals surface area (Å²) in [5.74, 6) is 1.01. The van der Waals surface area contributed by atoms with Crippen molar-refractivity contribution in [2.45, 2.75) is 38.8 Å². The van der Waals surface area contributed by atoms with E-state index in [0.717, 1.165) is 24.3 Å². The molecular formula is C22H23NO3. The van der Waals surface area contributed by atoms with Crippen LogP contribution in [-0.4, -0.2) is 17.1 Å². The first-order valence-electron chi connectivity index (χ1n) is 9.20. The van der Waals surface area contributed by atoms with E-state index in [-0.39, 0.29) is 11.9 Å². The van der Waals surface area contributed by atoms with Crippen molar-refractivity contribution in [1.82, 2.24) is 4.57 Å². The highest BCUT2D eigenvalue weighted by Crippen LogP contribution is 2.37.